The van der Waals surface area contributed by atoms with Gasteiger partial charge in [-0.25, -0.2) is 0 Å². The first-order chi connectivity index (χ1) is 11.6. The van der Waals surface area contributed by atoms with E-state index < -0.39 is 0 Å². The van der Waals surface area contributed by atoms with Crippen molar-refractivity contribution in [3.8, 4) is 11.5 Å². The molecule has 5 nitrogen and oxygen atoms in total. The molecule has 2 N–H and O–H groups in total. The van der Waals surface area contributed by atoms with Crippen molar-refractivity contribution in [3.05, 3.63) is 52.3 Å². The summed E-state index contributed by atoms with van der Waals surface area (Å²) in [6.45, 7) is 6.88. The van der Waals surface area contributed by atoms with Crippen molar-refractivity contribution < 1.29 is 14.3 Å². The summed E-state index contributed by atoms with van der Waals surface area (Å²) in [7, 11) is 0. The number of rotatable bonds is 7. The summed E-state index contributed by atoms with van der Waals surface area (Å²) in [5, 5.41) is 2.95. The Bertz CT molecular complexity index is 758. The highest BCUT2D eigenvalue weighted by molar-refractivity contribution is 7.71. The highest BCUT2D eigenvalue weighted by atomic mass is 32.1. The maximum Gasteiger partial charge on any atom is 0.254 e. The molecule has 1 unspecified atom stereocenters. The predicted octanol–water partition coefficient (Wildman–Crippen LogP) is 4.03. The molecule has 0 bridgehead atoms. The van der Waals surface area contributed by atoms with Crippen LogP contribution in [0.25, 0.3) is 0 Å². The summed E-state index contributed by atoms with van der Waals surface area (Å²) in [4.78, 5) is 15.2. The van der Waals surface area contributed by atoms with Gasteiger partial charge in [-0.15, -0.1) is 0 Å². The molecule has 128 valence electrons. The minimum Gasteiger partial charge on any atom is -0.490 e. The van der Waals surface area contributed by atoms with Crippen molar-refractivity contribution in [2.24, 2.45) is 0 Å². The molecular weight excluding hydrogens is 324 g/mol. The molecule has 0 fully saturated rings. The number of nitrogens with one attached hydrogen (secondary N) is 2. The summed E-state index contributed by atoms with van der Waals surface area (Å²) >= 11 is 5.15. The minimum atomic E-state index is -0.212. The van der Waals surface area contributed by atoms with Crippen LogP contribution in [0.15, 0.2) is 36.5 Å². The molecule has 2 rings (SSSR count). The van der Waals surface area contributed by atoms with Crippen LogP contribution in [-0.4, -0.2) is 24.1 Å². The van der Waals surface area contributed by atoms with E-state index in [1.54, 1.807) is 18.3 Å². The van der Waals surface area contributed by atoms with E-state index in [9.17, 15) is 4.79 Å². The van der Waals surface area contributed by atoms with Gasteiger partial charge in [-0.3, -0.25) is 4.79 Å². The van der Waals surface area contributed by atoms with Crippen molar-refractivity contribution in [3.63, 3.8) is 0 Å². The Morgan fingerprint density at radius 1 is 1.21 bits per heavy atom. The normalized spacial score (nSPS) is 11.6. The van der Waals surface area contributed by atoms with E-state index in [0.717, 1.165) is 5.56 Å². The third-order valence-corrected chi connectivity index (χ3v) is 3.82. The van der Waals surface area contributed by atoms with Crippen LogP contribution in [-0.2, 0) is 0 Å². The Balaban J connectivity index is 2.18. The monoisotopic (exact) mass is 346 g/mol. The van der Waals surface area contributed by atoms with Gasteiger partial charge < -0.3 is 19.8 Å². The average molecular weight is 346 g/mol. The van der Waals surface area contributed by atoms with Crippen LogP contribution < -0.4 is 14.8 Å². The van der Waals surface area contributed by atoms with Crippen LogP contribution in [0.1, 0.15) is 42.7 Å². The number of pyridine rings is 1. The highest BCUT2D eigenvalue weighted by Gasteiger charge is 2.15. The van der Waals surface area contributed by atoms with E-state index in [2.05, 4.69) is 10.3 Å². The first kappa shape index (κ1) is 18.0. The van der Waals surface area contributed by atoms with E-state index in [4.69, 9.17) is 21.7 Å². The molecule has 1 aromatic carbocycles. The molecule has 0 aliphatic carbocycles. The average Bonchev–Trinajstić information content (AvgIpc) is 2.57. The maximum absolute atomic E-state index is 12.4. The van der Waals surface area contributed by atoms with Crippen LogP contribution in [0.3, 0.4) is 0 Å². The van der Waals surface area contributed by atoms with E-state index in [-0.39, 0.29) is 11.9 Å². The fraction of sp³-hybridized carbons (Fsp3) is 0.333. The van der Waals surface area contributed by atoms with Gasteiger partial charge in [-0.2, -0.15) is 0 Å². The van der Waals surface area contributed by atoms with Crippen molar-refractivity contribution in [2.75, 3.05) is 13.2 Å². The van der Waals surface area contributed by atoms with Gasteiger partial charge in [0.05, 0.1) is 24.8 Å². The molecule has 0 saturated carbocycles. The third-order valence-electron chi connectivity index (χ3n) is 3.48. The first-order valence-corrected chi connectivity index (χ1v) is 8.35. The second-order valence-corrected chi connectivity index (χ2v) is 5.59. The Kier molecular flexibility index (Phi) is 6.37. The zero-order valence-corrected chi connectivity index (χ0v) is 14.9. The summed E-state index contributed by atoms with van der Waals surface area (Å²) in [6, 6.07) is 8.93. The lowest BCUT2D eigenvalue weighted by Gasteiger charge is -2.17. The lowest BCUT2D eigenvalue weighted by atomic mass is 10.1. The third kappa shape index (κ3) is 4.35. The molecule has 0 radical (unpaired) electrons. The van der Waals surface area contributed by atoms with Crippen LogP contribution >= 0.6 is 12.2 Å². The van der Waals surface area contributed by atoms with Gasteiger partial charge in [-0.05, 0) is 50.6 Å². The lowest BCUT2D eigenvalue weighted by molar-refractivity contribution is 0.0939. The first-order valence-electron chi connectivity index (χ1n) is 7.94. The van der Waals surface area contributed by atoms with E-state index in [0.29, 0.717) is 34.9 Å². The molecule has 0 spiro atoms. The van der Waals surface area contributed by atoms with Crippen molar-refractivity contribution in [1.29, 1.82) is 0 Å². The predicted molar refractivity (Wildman–Crippen MR) is 96.3 cm³/mol. The van der Waals surface area contributed by atoms with Crippen molar-refractivity contribution in [1.82, 2.24) is 10.3 Å². The van der Waals surface area contributed by atoms with Gasteiger partial charge in [-0.1, -0.05) is 18.3 Å². The van der Waals surface area contributed by atoms with E-state index >= 15 is 0 Å². The molecule has 0 saturated heterocycles. The van der Waals surface area contributed by atoms with E-state index in [1.807, 2.05) is 39.0 Å². The Labute approximate surface area is 147 Å². The standard InChI is InChI=1S/C18H22N2O3S/c1-4-22-15-9-8-13(11-16(15)23-5-2)12(3)20-17(21)14-7-6-10-19-18(14)24/h6-12H,4-5H2,1-3H3,(H,19,24)(H,20,21). The number of carbonyl (C=O) groups is 1. The van der Waals surface area contributed by atoms with E-state index in [1.165, 1.54) is 0 Å². The number of aromatic nitrogens is 1. The molecule has 1 heterocycles. The zero-order chi connectivity index (χ0) is 17.5. The summed E-state index contributed by atoms with van der Waals surface area (Å²) in [6.07, 6.45) is 1.70. The Morgan fingerprint density at radius 2 is 1.92 bits per heavy atom. The maximum atomic E-state index is 12.4. The van der Waals surface area contributed by atoms with Crippen molar-refractivity contribution in [2.45, 2.75) is 26.8 Å². The molecule has 24 heavy (non-hydrogen) atoms. The number of carbonyl (C=O) groups excluding carboxylic acids is 1. The number of amides is 1. The van der Waals surface area contributed by atoms with Gasteiger partial charge in [0.15, 0.2) is 11.5 Å². The van der Waals surface area contributed by atoms with Crippen molar-refractivity contribution >= 4 is 18.1 Å². The van der Waals surface area contributed by atoms with Crippen LogP contribution in [0, 0.1) is 4.64 Å². The fourth-order valence-corrected chi connectivity index (χ4v) is 2.52. The lowest BCUT2D eigenvalue weighted by Crippen LogP contribution is -2.27. The van der Waals surface area contributed by atoms with Gasteiger partial charge in [0, 0.05) is 6.20 Å². The van der Waals surface area contributed by atoms with Gasteiger partial charge in [0.1, 0.15) is 4.64 Å². The second-order valence-electron chi connectivity index (χ2n) is 5.18. The molecular formula is C18H22N2O3S. The van der Waals surface area contributed by atoms with Gasteiger partial charge >= 0.3 is 0 Å². The number of benzene rings is 1. The Morgan fingerprint density at radius 3 is 2.58 bits per heavy atom. The number of ether oxygens (including phenoxy) is 2. The molecule has 0 aliphatic heterocycles. The number of hydrogen-bond donors (Lipinski definition) is 2. The Hall–Kier alpha value is -2.34. The number of H-pyrrole nitrogens is 1. The molecule has 1 aromatic heterocycles. The molecule has 6 heteroatoms. The smallest absolute Gasteiger partial charge is 0.254 e. The van der Waals surface area contributed by atoms with Crippen LogP contribution in [0.5, 0.6) is 11.5 Å². The number of hydrogen-bond acceptors (Lipinski definition) is 4. The fourth-order valence-electron chi connectivity index (χ4n) is 2.30. The minimum absolute atomic E-state index is 0.193. The molecule has 1 atom stereocenters. The zero-order valence-electron chi connectivity index (χ0n) is 14.1. The second kappa shape index (κ2) is 8.49. The summed E-state index contributed by atoms with van der Waals surface area (Å²) in [5.41, 5.74) is 1.39. The van der Waals surface area contributed by atoms with Gasteiger partial charge in [0.25, 0.3) is 5.91 Å². The molecule has 1 amide bonds. The summed E-state index contributed by atoms with van der Waals surface area (Å²) in [5.74, 6) is 1.17. The van der Waals surface area contributed by atoms with Crippen LogP contribution in [0.2, 0.25) is 0 Å². The highest BCUT2D eigenvalue weighted by Crippen LogP contribution is 2.30. The SMILES string of the molecule is CCOc1ccc(C(C)NC(=O)c2ccc[nH]c2=S)cc1OCC. The molecule has 0 aliphatic rings. The topological polar surface area (TPSA) is 63.3 Å². The quantitative estimate of drug-likeness (QED) is 0.743. The van der Waals surface area contributed by atoms with Gasteiger partial charge in [0.2, 0.25) is 0 Å². The largest absolute Gasteiger partial charge is 0.490 e. The van der Waals surface area contributed by atoms with Crippen LogP contribution in [0.4, 0.5) is 0 Å². The molecule has 2 aromatic rings. The number of aromatic amines is 1. The summed E-state index contributed by atoms with van der Waals surface area (Å²) < 4.78 is 11.6.